The molecule has 0 saturated carbocycles. The highest BCUT2D eigenvalue weighted by molar-refractivity contribution is 7.99. The van der Waals surface area contributed by atoms with E-state index in [4.69, 9.17) is 14.0 Å². The molecule has 1 amide bonds. The number of carbonyl (C=O) groups is 1. The van der Waals surface area contributed by atoms with Gasteiger partial charge in [0.2, 0.25) is 11.8 Å². The number of benzene rings is 1. The van der Waals surface area contributed by atoms with Crippen molar-refractivity contribution >= 4 is 23.4 Å². The summed E-state index contributed by atoms with van der Waals surface area (Å²) in [6.07, 6.45) is 0. The SMILES string of the molecule is COc1cc(NC(=O)CSCc2noc(C)n2)cc(OC)c1. The maximum absolute atomic E-state index is 11.9. The first kappa shape index (κ1) is 16.2. The van der Waals surface area contributed by atoms with E-state index < -0.39 is 0 Å². The summed E-state index contributed by atoms with van der Waals surface area (Å²) in [5, 5.41) is 6.57. The van der Waals surface area contributed by atoms with Gasteiger partial charge in [0.25, 0.3) is 0 Å². The molecule has 8 heteroatoms. The Kier molecular flexibility index (Phi) is 5.65. The largest absolute Gasteiger partial charge is 0.497 e. The number of hydrogen-bond donors (Lipinski definition) is 1. The number of amides is 1. The van der Waals surface area contributed by atoms with E-state index in [0.29, 0.717) is 34.7 Å². The number of nitrogens with zero attached hydrogens (tertiary/aromatic N) is 2. The topological polar surface area (TPSA) is 86.5 Å². The van der Waals surface area contributed by atoms with Crippen molar-refractivity contribution in [2.24, 2.45) is 0 Å². The summed E-state index contributed by atoms with van der Waals surface area (Å²) in [6, 6.07) is 5.20. The van der Waals surface area contributed by atoms with Crippen LogP contribution in [0.15, 0.2) is 22.7 Å². The van der Waals surface area contributed by atoms with Crippen LogP contribution in [0.4, 0.5) is 5.69 Å². The minimum absolute atomic E-state index is 0.125. The van der Waals surface area contributed by atoms with Crippen molar-refractivity contribution in [2.45, 2.75) is 12.7 Å². The number of nitrogens with one attached hydrogen (secondary N) is 1. The zero-order valence-electron chi connectivity index (χ0n) is 12.6. The summed E-state index contributed by atoms with van der Waals surface area (Å²) >= 11 is 1.41. The van der Waals surface area contributed by atoms with Crippen LogP contribution >= 0.6 is 11.8 Å². The minimum atomic E-state index is -0.125. The third-order valence-electron chi connectivity index (χ3n) is 2.67. The minimum Gasteiger partial charge on any atom is -0.497 e. The molecule has 2 aromatic rings. The Morgan fingerprint density at radius 3 is 2.50 bits per heavy atom. The second kappa shape index (κ2) is 7.69. The Bertz CT molecular complexity index is 623. The molecule has 1 N–H and O–H groups in total. The highest BCUT2D eigenvalue weighted by Gasteiger charge is 2.08. The number of aromatic nitrogens is 2. The van der Waals surface area contributed by atoms with Gasteiger partial charge in [0.1, 0.15) is 11.5 Å². The van der Waals surface area contributed by atoms with Crippen molar-refractivity contribution in [2.75, 3.05) is 25.3 Å². The molecule has 7 nitrogen and oxygen atoms in total. The Balaban J connectivity index is 1.86. The normalized spacial score (nSPS) is 10.3. The Labute approximate surface area is 132 Å². The Morgan fingerprint density at radius 1 is 1.27 bits per heavy atom. The van der Waals surface area contributed by atoms with Crippen LogP contribution in [0, 0.1) is 6.92 Å². The third kappa shape index (κ3) is 4.66. The van der Waals surface area contributed by atoms with Crippen LogP contribution in [0.5, 0.6) is 11.5 Å². The van der Waals surface area contributed by atoms with E-state index in [-0.39, 0.29) is 11.7 Å². The van der Waals surface area contributed by atoms with Crippen LogP contribution in [0.1, 0.15) is 11.7 Å². The van der Waals surface area contributed by atoms with Crippen LogP contribution in [-0.4, -0.2) is 36.0 Å². The van der Waals surface area contributed by atoms with Gasteiger partial charge in [-0.2, -0.15) is 4.98 Å². The van der Waals surface area contributed by atoms with Gasteiger partial charge >= 0.3 is 0 Å². The van der Waals surface area contributed by atoms with Crippen molar-refractivity contribution < 1.29 is 18.8 Å². The van der Waals surface area contributed by atoms with Crippen molar-refractivity contribution in [1.29, 1.82) is 0 Å². The lowest BCUT2D eigenvalue weighted by molar-refractivity contribution is -0.113. The molecular formula is C14H17N3O4S. The number of ether oxygens (including phenoxy) is 2. The Morgan fingerprint density at radius 2 is 1.95 bits per heavy atom. The van der Waals surface area contributed by atoms with Crippen molar-refractivity contribution in [3.63, 3.8) is 0 Å². The molecule has 1 heterocycles. The zero-order chi connectivity index (χ0) is 15.9. The van der Waals surface area contributed by atoms with E-state index in [0.717, 1.165) is 0 Å². The standard InChI is InChI=1S/C14H17N3O4S/c1-9-15-13(17-21-9)7-22-8-14(18)16-10-4-11(19-2)6-12(5-10)20-3/h4-6H,7-8H2,1-3H3,(H,16,18). The lowest BCUT2D eigenvalue weighted by atomic mass is 10.2. The van der Waals surface area contributed by atoms with E-state index in [1.165, 1.54) is 11.8 Å². The molecule has 0 atom stereocenters. The first-order chi connectivity index (χ1) is 10.6. The molecule has 1 aromatic heterocycles. The average molecular weight is 323 g/mol. The summed E-state index contributed by atoms with van der Waals surface area (Å²) in [7, 11) is 3.12. The zero-order valence-corrected chi connectivity index (χ0v) is 13.4. The average Bonchev–Trinajstić information content (AvgIpc) is 2.92. The molecular weight excluding hydrogens is 306 g/mol. The van der Waals surface area contributed by atoms with E-state index in [1.807, 2.05) is 0 Å². The molecule has 0 radical (unpaired) electrons. The number of methoxy groups -OCH3 is 2. The van der Waals surface area contributed by atoms with Gasteiger partial charge in [0.05, 0.1) is 25.7 Å². The Hall–Kier alpha value is -2.22. The number of aryl methyl sites for hydroxylation is 1. The molecule has 1 aromatic carbocycles. The number of hydrogen-bond acceptors (Lipinski definition) is 7. The van der Waals surface area contributed by atoms with Crippen LogP contribution < -0.4 is 14.8 Å². The van der Waals surface area contributed by atoms with Gasteiger partial charge in [-0.05, 0) is 0 Å². The van der Waals surface area contributed by atoms with E-state index in [9.17, 15) is 4.79 Å². The van der Waals surface area contributed by atoms with Crippen LogP contribution in [0.25, 0.3) is 0 Å². The first-order valence-corrected chi connectivity index (χ1v) is 7.66. The summed E-state index contributed by atoms with van der Waals surface area (Å²) in [5.74, 6) is 3.01. The lowest BCUT2D eigenvalue weighted by Gasteiger charge is -2.09. The summed E-state index contributed by atoms with van der Waals surface area (Å²) < 4.78 is 15.2. The third-order valence-corrected chi connectivity index (χ3v) is 3.60. The quantitative estimate of drug-likeness (QED) is 0.836. The molecule has 2 rings (SSSR count). The van der Waals surface area contributed by atoms with Gasteiger partial charge in [-0.15, -0.1) is 11.8 Å². The second-order valence-corrected chi connectivity index (χ2v) is 5.36. The van der Waals surface area contributed by atoms with E-state index in [1.54, 1.807) is 39.3 Å². The van der Waals surface area contributed by atoms with Crippen LogP contribution in [0.2, 0.25) is 0 Å². The smallest absolute Gasteiger partial charge is 0.234 e. The van der Waals surface area contributed by atoms with Gasteiger partial charge in [0, 0.05) is 30.8 Å². The fourth-order valence-electron chi connectivity index (χ4n) is 1.71. The highest BCUT2D eigenvalue weighted by Crippen LogP contribution is 2.25. The fourth-order valence-corrected chi connectivity index (χ4v) is 2.37. The van der Waals surface area contributed by atoms with Crippen LogP contribution in [-0.2, 0) is 10.5 Å². The monoisotopic (exact) mass is 323 g/mol. The van der Waals surface area contributed by atoms with E-state index in [2.05, 4.69) is 15.5 Å². The molecule has 0 fully saturated rings. The predicted molar refractivity (Wildman–Crippen MR) is 83.4 cm³/mol. The molecule has 0 aliphatic rings. The molecule has 0 aliphatic heterocycles. The summed E-state index contributed by atoms with van der Waals surface area (Å²) in [4.78, 5) is 16.0. The fraction of sp³-hybridized carbons (Fsp3) is 0.357. The van der Waals surface area contributed by atoms with Gasteiger partial charge in [0.15, 0.2) is 5.82 Å². The molecule has 0 spiro atoms. The van der Waals surface area contributed by atoms with Crippen molar-refractivity contribution in [3.8, 4) is 11.5 Å². The van der Waals surface area contributed by atoms with Crippen LogP contribution in [0.3, 0.4) is 0 Å². The molecule has 22 heavy (non-hydrogen) atoms. The van der Waals surface area contributed by atoms with E-state index >= 15 is 0 Å². The van der Waals surface area contributed by atoms with Gasteiger partial charge in [-0.25, -0.2) is 0 Å². The molecule has 0 aliphatic carbocycles. The maximum Gasteiger partial charge on any atom is 0.234 e. The number of carbonyl (C=O) groups excluding carboxylic acids is 1. The number of anilines is 1. The molecule has 0 bridgehead atoms. The highest BCUT2D eigenvalue weighted by atomic mass is 32.2. The predicted octanol–water partition coefficient (Wildman–Crippen LogP) is 2.27. The summed E-state index contributed by atoms with van der Waals surface area (Å²) in [5.41, 5.74) is 0.622. The first-order valence-electron chi connectivity index (χ1n) is 6.50. The van der Waals surface area contributed by atoms with Gasteiger partial charge in [-0.3, -0.25) is 4.79 Å². The summed E-state index contributed by atoms with van der Waals surface area (Å²) in [6.45, 7) is 1.73. The molecule has 0 unspecified atom stereocenters. The lowest BCUT2D eigenvalue weighted by Crippen LogP contribution is -2.14. The maximum atomic E-state index is 11.9. The number of rotatable bonds is 7. The van der Waals surface area contributed by atoms with Gasteiger partial charge in [-0.1, -0.05) is 5.16 Å². The van der Waals surface area contributed by atoms with Crippen molar-refractivity contribution in [1.82, 2.24) is 10.1 Å². The molecule has 118 valence electrons. The van der Waals surface area contributed by atoms with Gasteiger partial charge < -0.3 is 19.3 Å². The van der Waals surface area contributed by atoms with Crippen molar-refractivity contribution in [3.05, 3.63) is 29.9 Å². The molecule has 0 saturated heterocycles. The number of thioether (sulfide) groups is 1. The second-order valence-electron chi connectivity index (χ2n) is 4.37.